The minimum absolute atomic E-state index is 0.00927. The van der Waals surface area contributed by atoms with Crippen molar-refractivity contribution in [2.75, 3.05) is 53.0 Å². The number of nitrogens with zero attached hydrogens (tertiary/aromatic N) is 2. The summed E-state index contributed by atoms with van der Waals surface area (Å²) in [6.45, 7) is 7.31. The normalized spacial score (nSPS) is 35.5. The van der Waals surface area contributed by atoms with Crippen LogP contribution >= 0.6 is 0 Å². The number of carbonyl (C=O) groups is 1. The van der Waals surface area contributed by atoms with Gasteiger partial charge in [-0.25, -0.2) is 0 Å². The first kappa shape index (κ1) is 16.2. The van der Waals surface area contributed by atoms with Crippen LogP contribution in [0.4, 0.5) is 0 Å². The molecule has 4 saturated heterocycles. The molecule has 4 unspecified atom stereocenters. The minimum Gasteiger partial charge on any atom is -0.375 e. The molecule has 0 aromatic carbocycles. The molecular formula is C17H31N3O2. The molecule has 4 fully saturated rings. The minimum atomic E-state index is 0.00927. The van der Waals surface area contributed by atoms with E-state index in [0.29, 0.717) is 6.04 Å². The summed E-state index contributed by atoms with van der Waals surface area (Å²) in [5.74, 6) is 1.71. The molecule has 5 heteroatoms. The second kappa shape index (κ2) is 7.75. The topological polar surface area (TPSA) is 44.8 Å². The van der Waals surface area contributed by atoms with E-state index in [4.69, 9.17) is 4.74 Å². The summed E-state index contributed by atoms with van der Waals surface area (Å²) in [5, 5.41) is 3.02. The van der Waals surface area contributed by atoms with Crippen LogP contribution in [0.15, 0.2) is 0 Å². The summed E-state index contributed by atoms with van der Waals surface area (Å²) in [5.41, 5.74) is 0. The van der Waals surface area contributed by atoms with Gasteiger partial charge in [-0.2, -0.15) is 0 Å². The van der Waals surface area contributed by atoms with Crippen molar-refractivity contribution in [1.29, 1.82) is 0 Å². The van der Waals surface area contributed by atoms with Gasteiger partial charge in [0.05, 0.1) is 0 Å². The van der Waals surface area contributed by atoms with E-state index in [1.54, 1.807) is 7.11 Å². The molecule has 0 saturated carbocycles. The number of fused-ring (bicyclic) bond motifs is 3. The van der Waals surface area contributed by atoms with E-state index in [-0.39, 0.29) is 12.5 Å². The van der Waals surface area contributed by atoms with Crippen LogP contribution < -0.4 is 5.32 Å². The summed E-state index contributed by atoms with van der Waals surface area (Å²) in [7, 11) is 1.57. The molecule has 5 nitrogen and oxygen atoms in total. The van der Waals surface area contributed by atoms with E-state index in [2.05, 4.69) is 15.1 Å². The van der Waals surface area contributed by atoms with Crippen molar-refractivity contribution in [3.05, 3.63) is 0 Å². The van der Waals surface area contributed by atoms with E-state index < -0.39 is 0 Å². The first-order valence-electron chi connectivity index (χ1n) is 8.98. The lowest BCUT2D eigenvalue weighted by Gasteiger charge is -2.51. The number of amides is 1. The summed E-state index contributed by atoms with van der Waals surface area (Å²) in [4.78, 5) is 16.9. The molecule has 1 amide bonds. The van der Waals surface area contributed by atoms with Crippen LogP contribution in [0.2, 0.25) is 0 Å². The van der Waals surface area contributed by atoms with Crippen molar-refractivity contribution in [1.82, 2.24) is 15.1 Å². The van der Waals surface area contributed by atoms with E-state index >= 15 is 0 Å². The largest absolute Gasteiger partial charge is 0.375 e. The van der Waals surface area contributed by atoms with Gasteiger partial charge in [-0.05, 0) is 57.2 Å². The molecule has 4 rings (SSSR count). The van der Waals surface area contributed by atoms with Gasteiger partial charge in [0.2, 0.25) is 5.91 Å². The Hall–Kier alpha value is -0.650. The third kappa shape index (κ3) is 4.00. The first-order valence-corrected chi connectivity index (χ1v) is 8.98. The van der Waals surface area contributed by atoms with Crippen molar-refractivity contribution in [3.8, 4) is 0 Å². The number of ether oxygens (including phenoxy) is 1. The summed E-state index contributed by atoms with van der Waals surface area (Å²) < 4.78 is 4.88. The molecule has 4 atom stereocenters. The van der Waals surface area contributed by atoms with Gasteiger partial charge in [-0.15, -0.1) is 0 Å². The molecule has 0 spiro atoms. The van der Waals surface area contributed by atoms with Crippen LogP contribution in [-0.2, 0) is 9.53 Å². The van der Waals surface area contributed by atoms with E-state index in [1.165, 1.54) is 64.8 Å². The number of carbonyl (C=O) groups excluding carboxylic acids is 1. The van der Waals surface area contributed by atoms with Crippen LogP contribution in [0.25, 0.3) is 0 Å². The Morgan fingerprint density at radius 3 is 2.73 bits per heavy atom. The van der Waals surface area contributed by atoms with Crippen LogP contribution in [-0.4, -0.2) is 74.7 Å². The highest BCUT2D eigenvalue weighted by Gasteiger charge is 2.40. The maximum absolute atomic E-state index is 11.6. The predicted molar refractivity (Wildman–Crippen MR) is 86.8 cm³/mol. The molecule has 2 bridgehead atoms. The first-order chi connectivity index (χ1) is 10.8. The Morgan fingerprint density at radius 1 is 1.23 bits per heavy atom. The third-order valence-electron chi connectivity index (χ3n) is 5.77. The van der Waals surface area contributed by atoms with Crippen LogP contribution in [0.3, 0.4) is 0 Å². The number of nitrogens with one attached hydrogen (secondary N) is 1. The number of hydrogen-bond acceptors (Lipinski definition) is 4. The smallest absolute Gasteiger partial charge is 0.246 e. The predicted octanol–water partition coefficient (Wildman–Crippen LogP) is 0.945. The fourth-order valence-electron chi connectivity index (χ4n) is 4.56. The maximum atomic E-state index is 11.6. The van der Waals surface area contributed by atoms with E-state index in [9.17, 15) is 4.79 Å². The van der Waals surface area contributed by atoms with Gasteiger partial charge in [0.15, 0.2) is 0 Å². The van der Waals surface area contributed by atoms with Gasteiger partial charge < -0.3 is 15.0 Å². The molecule has 0 aliphatic carbocycles. The standard InChI is InChI=1S/C17H31N3O2/c1-22-13-17(21)18-10-16-9-14-5-8-20(16)12-15(14)11-19-6-3-2-4-7-19/h14-16H,2-13H2,1H3,(H,18,21). The number of likely N-dealkylation sites (tertiary alicyclic amines) is 1. The van der Waals surface area contributed by atoms with Crippen molar-refractivity contribution < 1.29 is 9.53 Å². The molecule has 4 aliphatic rings. The average molecular weight is 309 g/mol. The van der Waals surface area contributed by atoms with Crippen molar-refractivity contribution >= 4 is 5.91 Å². The number of rotatable bonds is 6. The molecule has 0 radical (unpaired) electrons. The molecule has 1 N–H and O–H groups in total. The van der Waals surface area contributed by atoms with Crippen LogP contribution in [0, 0.1) is 11.8 Å². The Morgan fingerprint density at radius 2 is 2.05 bits per heavy atom. The van der Waals surface area contributed by atoms with Crippen molar-refractivity contribution in [2.45, 2.75) is 38.1 Å². The number of hydrogen-bond donors (Lipinski definition) is 1. The highest BCUT2D eigenvalue weighted by molar-refractivity contribution is 5.77. The molecule has 22 heavy (non-hydrogen) atoms. The zero-order valence-corrected chi connectivity index (χ0v) is 13.9. The Bertz CT molecular complexity index is 371. The van der Waals surface area contributed by atoms with Gasteiger partial charge in [0.25, 0.3) is 0 Å². The second-order valence-corrected chi connectivity index (χ2v) is 7.29. The SMILES string of the molecule is COCC(=O)NCC1CC2CCN1CC2CN1CCCCC1. The molecular weight excluding hydrogens is 278 g/mol. The van der Waals surface area contributed by atoms with Crippen molar-refractivity contribution in [2.24, 2.45) is 11.8 Å². The molecule has 126 valence electrons. The highest BCUT2D eigenvalue weighted by atomic mass is 16.5. The summed E-state index contributed by atoms with van der Waals surface area (Å²) in [6, 6.07) is 0.539. The van der Waals surface area contributed by atoms with E-state index in [0.717, 1.165) is 18.4 Å². The maximum Gasteiger partial charge on any atom is 0.246 e. The number of piperidine rings is 4. The lowest BCUT2D eigenvalue weighted by atomic mass is 9.75. The van der Waals surface area contributed by atoms with Gasteiger partial charge in [-0.3, -0.25) is 9.69 Å². The summed E-state index contributed by atoms with van der Waals surface area (Å²) >= 11 is 0. The Kier molecular flexibility index (Phi) is 5.71. The van der Waals surface area contributed by atoms with Gasteiger partial charge in [-0.1, -0.05) is 6.42 Å². The Labute approximate surface area is 134 Å². The summed E-state index contributed by atoms with van der Waals surface area (Å²) in [6.07, 6.45) is 6.79. The molecule has 0 aromatic rings. The van der Waals surface area contributed by atoms with E-state index in [1.807, 2.05) is 0 Å². The molecule has 4 aliphatic heterocycles. The lowest BCUT2D eigenvalue weighted by Crippen LogP contribution is -2.58. The van der Waals surface area contributed by atoms with Gasteiger partial charge >= 0.3 is 0 Å². The second-order valence-electron chi connectivity index (χ2n) is 7.29. The fourth-order valence-corrected chi connectivity index (χ4v) is 4.56. The zero-order chi connectivity index (χ0) is 15.4. The quantitative estimate of drug-likeness (QED) is 0.793. The fraction of sp³-hybridized carbons (Fsp3) is 0.941. The Balaban J connectivity index is 1.45. The zero-order valence-electron chi connectivity index (χ0n) is 13.9. The number of methoxy groups -OCH3 is 1. The lowest BCUT2D eigenvalue weighted by molar-refractivity contribution is -0.125. The van der Waals surface area contributed by atoms with Gasteiger partial charge in [0.1, 0.15) is 6.61 Å². The van der Waals surface area contributed by atoms with Crippen LogP contribution in [0.5, 0.6) is 0 Å². The third-order valence-corrected chi connectivity index (χ3v) is 5.77. The molecule has 0 aromatic heterocycles. The van der Waals surface area contributed by atoms with Gasteiger partial charge in [0, 0.05) is 32.8 Å². The van der Waals surface area contributed by atoms with Crippen LogP contribution in [0.1, 0.15) is 32.1 Å². The molecule has 4 heterocycles. The monoisotopic (exact) mass is 309 g/mol. The highest BCUT2D eigenvalue weighted by Crippen LogP contribution is 2.36. The average Bonchev–Trinajstić information content (AvgIpc) is 2.55. The van der Waals surface area contributed by atoms with Crippen molar-refractivity contribution in [3.63, 3.8) is 0 Å².